The second-order valence-electron chi connectivity index (χ2n) is 9.14. The second kappa shape index (κ2) is 10.1. The third-order valence-corrected chi connectivity index (χ3v) is 6.98. The lowest BCUT2D eigenvalue weighted by Crippen LogP contribution is -2.38. The molecule has 1 atom stereocenters. The summed E-state index contributed by atoms with van der Waals surface area (Å²) in [7, 11) is 0. The predicted molar refractivity (Wildman–Crippen MR) is 122 cm³/mol. The van der Waals surface area contributed by atoms with Gasteiger partial charge < -0.3 is 0 Å². The van der Waals surface area contributed by atoms with Gasteiger partial charge in [0.05, 0.1) is 12.6 Å². The van der Waals surface area contributed by atoms with Gasteiger partial charge in [-0.3, -0.25) is 9.80 Å². The molecule has 1 saturated heterocycles. The highest BCUT2D eigenvalue weighted by Crippen LogP contribution is 2.30. The van der Waals surface area contributed by atoms with E-state index in [-0.39, 0.29) is 17.7 Å². The minimum atomic E-state index is -0.281. The third-order valence-electron chi connectivity index (χ3n) is 6.98. The van der Waals surface area contributed by atoms with E-state index in [1.54, 1.807) is 10.7 Å². The van der Waals surface area contributed by atoms with E-state index in [1.807, 2.05) is 18.2 Å². The summed E-state index contributed by atoms with van der Waals surface area (Å²) in [6, 6.07) is 13.6. The van der Waals surface area contributed by atoms with Crippen molar-refractivity contribution in [1.29, 1.82) is 0 Å². The highest BCUT2D eigenvalue weighted by molar-refractivity contribution is 5.26. The first-order valence-electron chi connectivity index (χ1n) is 11.9. The normalized spacial score (nSPS) is 19.6. The molecule has 1 saturated carbocycles. The van der Waals surface area contributed by atoms with Crippen molar-refractivity contribution in [3.8, 4) is 0 Å². The summed E-state index contributed by atoms with van der Waals surface area (Å²) in [4.78, 5) is 5.06. The van der Waals surface area contributed by atoms with Crippen molar-refractivity contribution in [2.24, 2.45) is 0 Å². The zero-order valence-electron chi connectivity index (χ0n) is 18.8. The van der Waals surface area contributed by atoms with Gasteiger partial charge in [-0.15, -0.1) is 5.10 Å². The van der Waals surface area contributed by atoms with Crippen LogP contribution < -0.4 is 0 Å². The molecule has 8 heteroatoms. The maximum Gasteiger partial charge on any atom is 0.173 e. The van der Waals surface area contributed by atoms with Crippen molar-refractivity contribution in [2.75, 3.05) is 26.2 Å². The molecule has 174 valence electrons. The molecule has 33 heavy (non-hydrogen) atoms. The zero-order valence-corrected chi connectivity index (χ0v) is 18.8. The summed E-state index contributed by atoms with van der Waals surface area (Å²) in [5, 5.41) is 12.6. The fraction of sp³-hybridized carbons (Fsp3) is 0.480. The molecule has 2 heterocycles. The standard InChI is InChI=1S/C25H30F2N6/c26-21-11-9-20(10-12-21)24(32-14-4-13-31(15-16-32)23-7-1-2-8-23)25-28-29-30-33(25)18-19-5-3-6-22(27)17-19/h3,5-6,9-12,17,23-24H,1-2,4,7-8,13-16,18H2. The van der Waals surface area contributed by atoms with Crippen LogP contribution in [0.1, 0.15) is 55.1 Å². The van der Waals surface area contributed by atoms with Gasteiger partial charge in [0.1, 0.15) is 11.6 Å². The molecule has 1 aliphatic heterocycles. The number of halogens is 2. The van der Waals surface area contributed by atoms with Crippen LogP contribution in [0.15, 0.2) is 48.5 Å². The number of nitrogens with zero attached hydrogens (tertiary/aromatic N) is 6. The van der Waals surface area contributed by atoms with Gasteiger partial charge in [0.15, 0.2) is 5.82 Å². The molecule has 1 aromatic heterocycles. The van der Waals surface area contributed by atoms with Crippen molar-refractivity contribution in [3.63, 3.8) is 0 Å². The Morgan fingerprint density at radius 1 is 0.879 bits per heavy atom. The number of hydrogen-bond donors (Lipinski definition) is 0. The van der Waals surface area contributed by atoms with Crippen LogP contribution in [-0.4, -0.2) is 62.2 Å². The Morgan fingerprint density at radius 3 is 2.48 bits per heavy atom. The molecule has 2 aliphatic rings. The van der Waals surface area contributed by atoms with E-state index in [4.69, 9.17) is 0 Å². The predicted octanol–water partition coefficient (Wildman–Crippen LogP) is 4.04. The fourth-order valence-electron chi connectivity index (χ4n) is 5.35. The fourth-order valence-corrected chi connectivity index (χ4v) is 5.35. The minimum absolute atomic E-state index is 0.197. The molecule has 0 spiro atoms. The molecule has 0 bridgehead atoms. The average Bonchev–Trinajstić information content (AvgIpc) is 3.44. The highest BCUT2D eigenvalue weighted by Gasteiger charge is 2.31. The van der Waals surface area contributed by atoms with Gasteiger partial charge >= 0.3 is 0 Å². The maximum absolute atomic E-state index is 13.7. The van der Waals surface area contributed by atoms with E-state index in [1.165, 1.54) is 49.9 Å². The smallest absolute Gasteiger partial charge is 0.173 e. The van der Waals surface area contributed by atoms with E-state index in [9.17, 15) is 8.78 Å². The quantitative estimate of drug-likeness (QED) is 0.565. The summed E-state index contributed by atoms with van der Waals surface area (Å²) in [5.41, 5.74) is 1.76. The average molecular weight is 453 g/mol. The number of aromatic nitrogens is 4. The Balaban J connectivity index is 1.43. The van der Waals surface area contributed by atoms with Crippen LogP contribution in [0.2, 0.25) is 0 Å². The Labute approximate surface area is 193 Å². The van der Waals surface area contributed by atoms with Crippen LogP contribution >= 0.6 is 0 Å². The molecule has 5 rings (SSSR count). The number of hydrogen-bond acceptors (Lipinski definition) is 5. The Kier molecular flexibility index (Phi) is 6.73. The molecule has 2 fully saturated rings. The largest absolute Gasteiger partial charge is 0.299 e. The molecular weight excluding hydrogens is 422 g/mol. The monoisotopic (exact) mass is 452 g/mol. The van der Waals surface area contributed by atoms with Crippen LogP contribution in [0.25, 0.3) is 0 Å². The Bertz CT molecular complexity index is 1050. The third kappa shape index (κ3) is 5.12. The summed E-state index contributed by atoms with van der Waals surface area (Å²) < 4.78 is 29.2. The molecular formula is C25H30F2N6. The first kappa shape index (κ1) is 22.1. The number of rotatable bonds is 6. The summed E-state index contributed by atoms with van der Waals surface area (Å²) in [6.45, 7) is 4.29. The van der Waals surface area contributed by atoms with Crippen molar-refractivity contribution in [3.05, 3.63) is 77.1 Å². The van der Waals surface area contributed by atoms with Crippen molar-refractivity contribution < 1.29 is 8.78 Å². The lowest BCUT2D eigenvalue weighted by Gasteiger charge is -2.31. The maximum atomic E-state index is 13.7. The lowest BCUT2D eigenvalue weighted by atomic mass is 10.0. The van der Waals surface area contributed by atoms with E-state index in [2.05, 4.69) is 25.3 Å². The van der Waals surface area contributed by atoms with Crippen LogP contribution in [0.4, 0.5) is 8.78 Å². The van der Waals surface area contributed by atoms with Gasteiger partial charge in [-0.25, -0.2) is 13.5 Å². The molecule has 2 aromatic carbocycles. The van der Waals surface area contributed by atoms with Gasteiger partial charge in [-0.1, -0.05) is 37.1 Å². The highest BCUT2D eigenvalue weighted by atomic mass is 19.1. The summed E-state index contributed by atoms with van der Waals surface area (Å²) >= 11 is 0. The molecule has 1 unspecified atom stereocenters. The topological polar surface area (TPSA) is 50.1 Å². The van der Waals surface area contributed by atoms with Gasteiger partial charge in [-0.2, -0.15) is 0 Å². The van der Waals surface area contributed by atoms with E-state index in [0.717, 1.165) is 43.7 Å². The van der Waals surface area contributed by atoms with Gasteiger partial charge in [0, 0.05) is 25.7 Å². The molecule has 0 amide bonds. The Hall–Kier alpha value is -2.71. The van der Waals surface area contributed by atoms with E-state index in [0.29, 0.717) is 18.4 Å². The number of tetrazole rings is 1. The number of benzene rings is 2. The summed E-state index contributed by atoms with van der Waals surface area (Å²) in [6.07, 6.45) is 6.33. The van der Waals surface area contributed by atoms with Crippen molar-refractivity contribution >= 4 is 0 Å². The van der Waals surface area contributed by atoms with Crippen molar-refractivity contribution in [1.82, 2.24) is 30.0 Å². The lowest BCUT2D eigenvalue weighted by molar-refractivity contribution is 0.185. The van der Waals surface area contributed by atoms with Gasteiger partial charge in [0.25, 0.3) is 0 Å². The van der Waals surface area contributed by atoms with Gasteiger partial charge in [-0.05, 0) is 71.6 Å². The first-order chi connectivity index (χ1) is 16.2. The van der Waals surface area contributed by atoms with Gasteiger partial charge in [0.2, 0.25) is 0 Å². The second-order valence-corrected chi connectivity index (χ2v) is 9.14. The Morgan fingerprint density at radius 2 is 1.70 bits per heavy atom. The van der Waals surface area contributed by atoms with Crippen molar-refractivity contribution in [2.45, 2.75) is 50.7 Å². The molecule has 1 aliphatic carbocycles. The van der Waals surface area contributed by atoms with Crippen LogP contribution in [-0.2, 0) is 6.54 Å². The van der Waals surface area contributed by atoms with Crippen LogP contribution in [0.3, 0.4) is 0 Å². The molecule has 6 nitrogen and oxygen atoms in total. The molecule has 0 N–H and O–H groups in total. The first-order valence-corrected chi connectivity index (χ1v) is 11.9. The van der Waals surface area contributed by atoms with Crippen LogP contribution in [0.5, 0.6) is 0 Å². The minimum Gasteiger partial charge on any atom is -0.299 e. The van der Waals surface area contributed by atoms with E-state index >= 15 is 0 Å². The van der Waals surface area contributed by atoms with E-state index < -0.39 is 0 Å². The van der Waals surface area contributed by atoms with Crippen LogP contribution in [0, 0.1) is 11.6 Å². The molecule has 0 radical (unpaired) electrons. The SMILES string of the molecule is Fc1ccc(C(c2nnnn2Cc2cccc(F)c2)N2CCCN(C3CCCC3)CC2)cc1. The zero-order chi connectivity index (χ0) is 22.6. The molecule has 3 aromatic rings. The summed E-state index contributed by atoms with van der Waals surface area (Å²) in [5.74, 6) is 0.150.